The van der Waals surface area contributed by atoms with Crippen LogP contribution in [0.2, 0.25) is 0 Å². The van der Waals surface area contributed by atoms with Gasteiger partial charge >= 0.3 is 0 Å². The molecule has 134 valence electrons. The van der Waals surface area contributed by atoms with Gasteiger partial charge < -0.3 is 10.1 Å². The average Bonchev–Trinajstić information content (AvgIpc) is 2.95. The summed E-state index contributed by atoms with van der Waals surface area (Å²) in [5, 5.41) is 2.85. The van der Waals surface area contributed by atoms with E-state index in [2.05, 4.69) is 26.1 Å². The number of hydrogen-bond donors (Lipinski definition) is 1. The topological polar surface area (TPSA) is 75.7 Å². The minimum Gasteiger partial charge on any atom is -0.495 e. The van der Waals surface area contributed by atoms with Gasteiger partial charge in [0.05, 0.1) is 19.1 Å². The second-order valence-electron chi connectivity index (χ2n) is 7.19. The zero-order chi connectivity index (χ0) is 18.1. The highest BCUT2D eigenvalue weighted by molar-refractivity contribution is 7.88. The fourth-order valence-corrected chi connectivity index (χ4v) is 4.01. The Hall–Kier alpha value is -1.60. The molecule has 1 N–H and O–H groups in total. The van der Waals surface area contributed by atoms with Crippen molar-refractivity contribution in [1.82, 2.24) is 4.31 Å². The summed E-state index contributed by atoms with van der Waals surface area (Å²) in [6.45, 7) is 6.64. The highest BCUT2D eigenvalue weighted by Crippen LogP contribution is 2.32. The second kappa shape index (κ2) is 6.72. The lowest BCUT2D eigenvalue weighted by atomic mass is 9.87. The number of hydrogen-bond acceptors (Lipinski definition) is 4. The third-order valence-electron chi connectivity index (χ3n) is 4.26. The van der Waals surface area contributed by atoms with Crippen molar-refractivity contribution in [3.63, 3.8) is 0 Å². The quantitative estimate of drug-likeness (QED) is 0.900. The van der Waals surface area contributed by atoms with E-state index >= 15 is 0 Å². The number of sulfonamides is 1. The van der Waals surface area contributed by atoms with Crippen LogP contribution in [0, 0.1) is 0 Å². The molecule has 1 aromatic carbocycles. The van der Waals surface area contributed by atoms with Crippen molar-refractivity contribution in [3.05, 3.63) is 23.8 Å². The van der Waals surface area contributed by atoms with Crippen molar-refractivity contribution in [2.75, 3.05) is 25.2 Å². The first-order chi connectivity index (χ1) is 11.0. The van der Waals surface area contributed by atoms with E-state index in [1.165, 1.54) is 4.31 Å². The van der Waals surface area contributed by atoms with Gasteiger partial charge in [0, 0.05) is 6.54 Å². The molecule has 1 heterocycles. The van der Waals surface area contributed by atoms with Crippen LogP contribution in [0.25, 0.3) is 0 Å². The number of nitrogens with one attached hydrogen (secondary N) is 1. The van der Waals surface area contributed by atoms with E-state index in [1.807, 2.05) is 18.2 Å². The monoisotopic (exact) mass is 354 g/mol. The number of methoxy groups -OCH3 is 1. The molecular weight excluding hydrogens is 328 g/mol. The van der Waals surface area contributed by atoms with Gasteiger partial charge in [0.1, 0.15) is 11.8 Å². The van der Waals surface area contributed by atoms with Gasteiger partial charge in [0.15, 0.2) is 0 Å². The zero-order valence-electron chi connectivity index (χ0n) is 14.9. The number of carbonyl (C=O) groups is 1. The van der Waals surface area contributed by atoms with Crippen LogP contribution in [-0.4, -0.2) is 44.6 Å². The molecule has 1 atom stereocenters. The van der Waals surface area contributed by atoms with Crippen LogP contribution in [0.1, 0.15) is 39.2 Å². The fraction of sp³-hybridized carbons (Fsp3) is 0.588. The molecule has 1 aliphatic heterocycles. The maximum Gasteiger partial charge on any atom is 0.242 e. The Kier molecular flexibility index (Phi) is 5.25. The van der Waals surface area contributed by atoms with Crippen molar-refractivity contribution in [2.24, 2.45) is 0 Å². The van der Waals surface area contributed by atoms with Crippen LogP contribution in [-0.2, 0) is 20.2 Å². The summed E-state index contributed by atoms with van der Waals surface area (Å²) in [6.07, 6.45) is 2.35. The minimum atomic E-state index is -3.39. The van der Waals surface area contributed by atoms with Crippen LogP contribution >= 0.6 is 0 Å². The van der Waals surface area contributed by atoms with E-state index in [4.69, 9.17) is 4.74 Å². The van der Waals surface area contributed by atoms with Crippen molar-refractivity contribution in [3.8, 4) is 5.75 Å². The molecule has 2 rings (SSSR count). The summed E-state index contributed by atoms with van der Waals surface area (Å²) < 4.78 is 30.3. The van der Waals surface area contributed by atoms with Gasteiger partial charge in [-0.1, -0.05) is 26.8 Å². The number of ether oxygens (including phenoxy) is 1. The first kappa shape index (κ1) is 18.7. The highest BCUT2D eigenvalue weighted by atomic mass is 32.2. The molecule has 1 fully saturated rings. The molecule has 0 aromatic heterocycles. The Bertz CT molecular complexity index is 723. The van der Waals surface area contributed by atoms with Gasteiger partial charge in [-0.25, -0.2) is 8.42 Å². The normalized spacial score (nSPS) is 19.3. The molecule has 0 unspecified atom stereocenters. The van der Waals surface area contributed by atoms with Crippen LogP contribution in [0.5, 0.6) is 5.75 Å². The lowest BCUT2D eigenvalue weighted by molar-refractivity contribution is -0.119. The Morgan fingerprint density at radius 3 is 2.54 bits per heavy atom. The number of rotatable bonds is 4. The molecule has 1 saturated heterocycles. The van der Waals surface area contributed by atoms with E-state index in [-0.39, 0.29) is 11.3 Å². The van der Waals surface area contributed by atoms with Gasteiger partial charge in [-0.3, -0.25) is 4.79 Å². The van der Waals surface area contributed by atoms with Gasteiger partial charge in [-0.2, -0.15) is 4.31 Å². The molecule has 1 amide bonds. The van der Waals surface area contributed by atoms with Crippen LogP contribution in [0.3, 0.4) is 0 Å². The standard InChI is InChI=1S/C17H26N2O4S/c1-17(2,3)12-8-9-15(23-4)13(11-12)18-16(20)14-7-6-10-19(14)24(5,21)22/h8-9,11,14H,6-7,10H2,1-5H3,(H,18,20)/t14-/m0/s1. The Labute approximate surface area is 144 Å². The lowest BCUT2D eigenvalue weighted by Gasteiger charge is -2.24. The molecule has 6 nitrogen and oxygen atoms in total. The van der Waals surface area contributed by atoms with Crippen molar-refractivity contribution in [2.45, 2.75) is 45.1 Å². The molecular formula is C17H26N2O4S. The SMILES string of the molecule is COc1ccc(C(C)(C)C)cc1NC(=O)[C@@H]1CCCN1S(C)(=O)=O. The summed E-state index contributed by atoms with van der Waals surface area (Å²) in [4.78, 5) is 12.6. The fourth-order valence-electron chi connectivity index (χ4n) is 2.89. The van der Waals surface area contributed by atoms with E-state index < -0.39 is 16.1 Å². The Morgan fingerprint density at radius 1 is 1.33 bits per heavy atom. The first-order valence-electron chi connectivity index (χ1n) is 8.00. The predicted octanol–water partition coefficient (Wildman–Crippen LogP) is 2.36. The predicted molar refractivity (Wildman–Crippen MR) is 94.9 cm³/mol. The number of anilines is 1. The van der Waals surface area contributed by atoms with E-state index in [0.29, 0.717) is 30.8 Å². The summed E-state index contributed by atoms with van der Waals surface area (Å²) >= 11 is 0. The summed E-state index contributed by atoms with van der Waals surface area (Å²) in [6, 6.07) is 5.01. The highest BCUT2D eigenvalue weighted by Gasteiger charge is 2.36. The molecule has 1 aromatic rings. The smallest absolute Gasteiger partial charge is 0.242 e. The number of carbonyl (C=O) groups excluding carboxylic acids is 1. The average molecular weight is 354 g/mol. The molecule has 7 heteroatoms. The van der Waals surface area contributed by atoms with E-state index in [0.717, 1.165) is 11.8 Å². The Morgan fingerprint density at radius 2 is 2.00 bits per heavy atom. The number of amides is 1. The van der Waals surface area contributed by atoms with E-state index in [9.17, 15) is 13.2 Å². The molecule has 0 spiro atoms. The van der Waals surface area contributed by atoms with Gasteiger partial charge in [-0.05, 0) is 36.0 Å². The molecule has 0 bridgehead atoms. The molecule has 24 heavy (non-hydrogen) atoms. The number of benzene rings is 1. The van der Waals surface area contributed by atoms with Gasteiger partial charge in [-0.15, -0.1) is 0 Å². The van der Waals surface area contributed by atoms with Crippen molar-refractivity contribution < 1.29 is 17.9 Å². The van der Waals surface area contributed by atoms with Crippen LogP contribution in [0.4, 0.5) is 5.69 Å². The zero-order valence-corrected chi connectivity index (χ0v) is 15.7. The largest absolute Gasteiger partial charge is 0.495 e. The van der Waals surface area contributed by atoms with Crippen molar-refractivity contribution in [1.29, 1.82) is 0 Å². The van der Waals surface area contributed by atoms with Crippen LogP contribution in [0.15, 0.2) is 18.2 Å². The molecule has 0 radical (unpaired) electrons. The minimum absolute atomic E-state index is 0.0715. The summed E-state index contributed by atoms with van der Waals surface area (Å²) in [5.74, 6) is 0.238. The van der Waals surface area contributed by atoms with Crippen molar-refractivity contribution >= 4 is 21.6 Å². The summed E-state index contributed by atoms with van der Waals surface area (Å²) in [7, 11) is -1.85. The summed E-state index contributed by atoms with van der Waals surface area (Å²) in [5.41, 5.74) is 1.55. The third kappa shape index (κ3) is 4.08. The lowest BCUT2D eigenvalue weighted by Crippen LogP contribution is -2.42. The third-order valence-corrected chi connectivity index (χ3v) is 5.54. The maximum atomic E-state index is 12.6. The van der Waals surface area contributed by atoms with Crippen LogP contribution < -0.4 is 10.1 Å². The Balaban J connectivity index is 2.28. The maximum absolute atomic E-state index is 12.6. The number of nitrogens with zero attached hydrogens (tertiary/aromatic N) is 1. The molecule has 0 saturated carbocycles. The second-order valence-corrected chi connectivity index (χ2v) is 9.12. The van der Waals surface area contributed by atoms with Gasteiger partial charge in [0.2, 0.25) is 15.9 Å². The van der Waals surface area contributed by atoms with Gasteiger partial charge in [0.25, 0.3) is 0 Å². The molecule has 1 aliphatic rings. The van der Waals surface area contributed by atoms with E-state index in [1.54, 1.807) is 7.11 Å². The first-order valence-corrected chi connectivity index (χ1v) is 9.85. The molecule has 0 aliphatic carbocycles.